The smallest absolute Gasteiger partial charge is 0.0168 e. The summed E-state index contributed by atoms with van der Waals surface area (Å²) in [5.74, 6) is 3.69. The number of rotatable bonds is 2. The lowest BCUT2D eigenvalue weighted by molar-refractivity contribution is 0.285. The normalized spacial score (nSPS) is 40.8. The van der Waals surface area contributed by atoms with Crippen LogP contribution < -0.4 is 5.32 Å². The summed E-state index contributed by atoms with van der Waals surface area (Å²) < 4.78 is 0. The van der Waals surface area contributed by atoms with E-state index in [9.17, 15) is 0 Å². The van der Waals surface area contributed by atoms with E-state index in [-0.39, 0.29) is 0 Å². The minimum atomic E-state index is 0.834. The van der Waals surface area contributed by atoms with E-state index in [0.717, 1.165) is 18.0 Å². The van der Waals surface area contributed by atoms with Crippen LogP contribution >= 0.6 is 11.8 Å². The van der Waals surface area contributed by atoms with E-state index in [0.29, 0.717) is 0 Å². The molecule has 0 aromatic rings. The van der Waals surface area contributed by atoms with Gasteiger partial charge in [0.05, 0.1) is 0 Å². The molecule has 0 aromatic carbocycles. The van der Waals surface area contributed by atoms with Crippen molar-refractivity contribution < 1.29 is 0 Å². The molecule has 0 amide bonds. The molecular weight excluding hydrogens is 178 g/mol. The monoisotopic (exact) mass is 199 g/mol. The minimum absolute atomic E-state index is 0.834. The van der Waals surface area contributed by atoms with Crippen molar-refractivity contribution in [2.45, 2.75) is 51.1 Å². The van der Waals surface area contributed by atoms with E-state index in [1.807, 2.05) is 0 Å². The van der Waals surface area contributed by atoms with Crippen LogP contribution in [-0.4, -0.2) is 23.6 Å². The average Bonchev–Trinajstić information content (AvgIpc) is 2.57. The molecule has 0 aromatic heterocycles. The lowest BCUT2D eigenvalue weighted by Crippen LogP contribution is -2.40. The van der Waals surface area contributed by atoms with Crippen LogP contribution in [0.25, 0.3) is 0 Å². The Morgan fingerprint density at radius 3 is 2.77 bits per heavy atom. The largest absolute Gasteiger partial charge is 0.310 e. The average molecular weight is 199 g/mol. The summed E-state index contributed by atoms with van der Waals surface area (Å²) in [4.78, 5) is 0. The molecule has 2 rings (SSSR count). The summed E-state index contributed by atoms with van der Waals surface area (Å²) >= 11 is 2.11. The molecule has 1 nitrogen and oxygen atoms in total. The van der Waals surface area contributed by atoms with Crippen LogP contribution in [0.15, 0.2) is 0 Å². The number of hydrogen-bond donors (Lipinski definition) is 1. The summed E-state index contributed by atoms with van der Waals surface area (Å²) in [7, 11) is 0. The second-order valence-corrected chi connectivity index (χ2v) is 5.85. The Hall–Kier alpha value is 0.310. The molecule has 1 aliphatic carbocycles. The van der Waals surface area contributed by atoms with Gasteiger partial charge in [0.1, 0.15) is 0 Å². The molecule has 2 heteroatoms. The molecule has 1 heterocycles. The van der Waals surface area contributed by atoms with E-state index < -0.39 is 0 Å². The molecule has 3 unspecified atom stereocenters. The summed E-state index contributed by atoms with van der Waals surface area (Å²) in [5.41, 5.74) is 0. The highest BCUT2D eigenvalue weighted by molar-refractivity contribution is 7.99. The maximum absolute atomic E-state index is 3.83. The second kappa shape index (κ2) is 4.70. The van der Waals surface area contributed by atoms with Gasteiger partial charge in [0, 0.05) is 17.8 Å². The molecular formula is C11H21NS. The fourth-order valence-corrected chi connectivity index (χ4v) is 3.75. The van der Waals surface area contributed by atoms with Gasteiger partial charge >= 0.3 is 0 Å². The first kappa shape index (κ1) is 9.85. The summed E-state index contributed by atoms with van der Waals surface area (Å²) in [6.07, 6.45) is 7.14. The van der Waals surface area contributed by atoms with E-state index >= 15 is 0 Å². The van der Waals surface area contributed by atoms with Crippen LogP contribution in [-0.2, 0) is 0 Å². The fourth-order valence-electron chi connectivity index (χ4n) is 2.58. The molecule has 0 bridgehead atoms. The van der Waals surface area contributed by atoms with Gasteiger partial charge in [-0.15, -0.1) is 0 Å². The van der Waals surface area contributed by atoms with Gasteiger partial charge in [-0.2, -0.15) is 11.8 Å². The molecule has 1 aliphatic heterocycles. The predicted octanol–water partition coefficient (Wildman–Crippen LogP) is 2.66. The molecule has 2 aliphatic rings. The van der Waals surface area contributed by atoms with Gasteiger partial charge in [-0.3, -0.25) is 0 Å². The van der Waals surface area contributed by atoms with Crippen molar-refractivity contribution in [1.82, 2.24) is 5.32 Å². The molecule has 3 atom stereocenters. The first-order chi connectivity index (χ1) is 6.34. The third kappa shape index (κ3) is 2.88. The molecule has 1 saturated carbocycles. The van der Waals surface area contributed by atoms with Gasteiger partial charge in [0.25, 0.3) is 0 Å². The molecule has 0 radical (unpaired) electrons. The summed E-state index contributed by atoms with van der Waals surface area (Å²) in [6, 6.07) is 1.67. The molecule has 76 valence electrons. The summed E-state index contributed by atoms with van der Waals surface area (Å²) in [5, 5.41) is 3.83. The SMILES string of the molecule is CC1CCCC(NC2CCSC2)C1. The Balaban J connectivity index is 1.73. The van der Waals surface area contributed by atoms with E-state index in [1.54, 1.807) is 0 Å². The molecule has 2 fully saturated rings. The Morgan fingerprint density at radius 1 is 1.15 bits per heavy atom. The lowest BCUT2D eigenvalue weighted by Gasteiger charge is -2.29. The fraction of sp³-hybridized carbons (Fsp3) is 1.00. The number of nitrogens with one attached hydrogen (secondary N) is 1. The zero-order chi connectivity index (χ0) is 9.10. The van der Waals surface area contributed by atoms with E-state index in [1.165, 1.54) is 43.6 Å². The van der Waals surface area contributed by atoms with E-state index in [2.05, 4.69) is 24.0 Å². The topological polar surface area (TPSA) is 12.0 Å². The van der Waals surface area contributed by atoms with Crippen molar-refractivity contribution in [2.75, 3.05) is 11.5 Å². The van der Waals surface area contributed by atoms with Crippen molar-refractivity contribution in [3.8, 4) is 0 Å². The molecule has 1 saturated heterocycles. The van der Waals surface area contributed by atoms with Crippen LogP contribution in [0, 0.1) is 5.92 Å². The Kier molecular flexibility index (Phi) is 3.56. The zero-order valence-electron chi connectivity index (χ0n) is 8.59. The van der Waals surface area contributed by atoms with Crippen LogP contribution in [0.5, 0.6) is 0 Å². The van der Waals surface area contributed by atoms with Crippen molar-refractivity contribution in [3.05, 3.63) is 0 Å². The maximum atomic E-state index is 3.83. The zero-order valence-corrected chi connectivity index (χ0v) is 9.41. The van der Waals surface area contributed by atoms with Gasteiger partial charge in [0.15, 0.2) is 0 Å². The Labute approximate surface area is 86.0 Å². The van der Waals surface area contributed by atoms with Gasteiger partial charge in [0.2, 0.25) is 0 Å². The van der Waals surface area contributed by atoms with E-state index in [4.69, 9.17) is 0 Å². The quantitative estimate of drug-likeness (QED) is 0.734. The van der Waals surface area contributed by atoms with Crippen molar-refractivity contribution in [3.63, 3.8) is 0 Å². The van der Waals surface area contributed by atoms with Gasteiger partial charge < -0.3 is 5.32 Å². The molecule has 13 heavy (non-hydrogen) atoms. The maximum Gasteiger partial charge on any atom is 0.0168 e. The third-order valence-electron chi connectivity index (χ3n) is 3.34. The van der Waals surface area contributed by atoms with Crippen LogP contribution in [0.3, 0.4) is 0 Å². The highest BCUT2D eigenvalue weighted by Crippen LogP contribution is 2.25. The standard InChI is InChI=1S/C11H21NS/c1-9-3-2-4-10(7-9)12-11-5-6-13-8-11/h9-12H,2-8H2,1H3. The predicted molar refractivity (Wildman–Crippen MR) is 60.3 cm³/mol. The van der Waals surface area contributed by atoms with Gasteiger partial charge in [-0.1, -0.05) is 19.8 Å². The van der Waals surface area contributed by atoms with Crippen molar-refractivity contribution in [2.24, 2.45) is 5.92 Å². The van der Waals surface area contributed by atoms with Crippen molar-refractivity contribution in [1.29, 1.82) is 0 Å². The molecule has 1 N–H and O–H groups in total. The third-order valence-corrected chi connectivity index (χ3v) is 4.50. The van der Waals surface area contributed by atoms with Crippen LogP contribution in [0.1, 0.15) is 39.0 Å². The second-order valence-electron chi connectivity index (χ2n) is 4.70. The summed E-state index contributed by atoms with van der Waals surface area (Å²) in [6.45, 7) is 2.40. The van der Waals surface area contributed by atoms with Crippen LogP contribution in [0.2, 0.25) is 0 Å². The van der Waals surface area contributed by atoms with Crippen LogP contribution in [0.4, 0.5) is 0 Å². The van der Waals surface area contributed by atoms with Gasteiger partial charge in [-0.05, 0) is 30.9 Å². The van der Waals surface area contributed by atoms with Crippen molar-refractivity contribution >= 4 is 11.8 Å². The number of hydrogen-bond acceptors (Lipinski definition) is 2. The number of thioether (sulfide) groups is 1. The minimum Gasteiger partial charge on any atom is -0.310 e. The van der Waals surface area contributed by atoms with Gasteiger partial charge in [-0.25, -0.2) is 0 Å². The molecule has 0 spiro atoms. The highest BCUT2D eigenvalue weighted by atomic mass is 32.2. The Morgan fingerprint density at radius 2 is 2.08 bits per heavy atom. The first-order valence-corrected chi connectivity index (χ1v) is 6.84. The lowest BCUT2D eigenvalue weighted by atomic mass is 9.87. The highest BCUT2D eigenvalue weighted by Gasteiger charge is 2.23. The first-order valence-electron chi connectivity index (χ1n) is 5.68. The Bertz CT molecular complexity index is 154.